The zero-order chi connectivity index (χ0) is 18.7. The molecule has 0 aliphatic carbocycles. The van der Waals surface area contributed by atoms with Crippen molar-refractivity contribution in [2.75, 3.05) is 19.8 Å². The second-order valence-electron chi connectivity index (χ2n) is 5.87. The van der Waals surface area contributed by atoms with Crippen LogP contribution in [0, 0.1) is 17.0 Å². The lowest BCUT2D eigenvalue weighted by atomic mass is 10.1. The van der Waals surface area contributed by atoms with Crippen LogP contribution in [0.25, 0.3) is 0 Å². The Hall–Kier alpha value is -2.80. The average Bonchev–Trinajstić information content (AvgIpc) is 2.61. The summed E-state index contributed by atoms with van der Waals surface area (Å²) in [6.45, 7) is 2.94. The van der Waals surface area contributed by atoms with E-state index >= 15 is 0 Å². The Balaban J connectivity index is 1.61. The van der Waals surface area contributed by atoms with Crippen LogP contribution in [0.3, 0.4) is 0 Å². The number of nitro benzene ring substituents is 1. The number of halogens is 1. The van der Waals surface area contributed by atoms with Gasteiger partial charge in [0.15, 0.2) is 11.5 Å². The van der Waals surface area contributed by atoms with Crippen LogP contribution in [0.2, 0.25) is 5.02 Å². The lowest BCUT2D eigenvalue weighted by Crippen LogP contribution is -2.25. The molecule has 1 aliphatic heterocycles. The molecule has 0 bridgehead atoms. The summed E-state index contributed by atoms with van der Waals surface area (Å²) in [5, 5.41) is 14.1. The first-order chi connectivity index (χ1) is 12.5. The van der Waals surface area contributed by atoms with Gasteiger partial charge in [0.25, 0.3) is 11.6 Å². The van der Waals surface area contributed by atoms with Gasteiger partial charge in [0.2, 0.25) is 0 Å². The third-order valence-corrected chi connectivity index (χ3v) is 4.29. The molecule has 1 heterocycles. The molecule has 1 N–H and O–H groups in total. The second kappa shape index (κ2) is 7.61. The molecule has 0 aromatic heterocycles. The Morgan fingerprint density at radius 2 is 2.04 bits per heavy atom. The molecule has 0 fully saturated rings. The number of hydrogen-bond donors (Lipinski definition) is 1. The number of fused-ring (bicyclic) bond motifs is 1. The van der Waals surface area contributed by atoms with Gasteiger partial charge in [-0.3, -0.25) is 14.9 Å². The fourth-order valence-corrected chi connectivity index (χ4v) is 3.02. The molecule has 136 valence electrons. The highest BCUT2D eigenvalue weighted by atomic mass is 35.5. The molecule has 3 rings (SSSR count). The van der Waals surface area contributed by atoms with Crippen molar-refractivity contribution in [3.63, 3.8) is 0 Å². The molecule has 0 atom stereocenters. The number of nitro groups is 1. The van der Waals surface area contributed by atoms with E-state index < -0.39 is 4.92 Å². The van der Waals surface area contributed by atoms with Crippen molar-refractivity contribution in [2.45, 2.75) is 13.3 Å². The quantitative estimate of drug-likeness (QED) is 0.638. The molecule has 2 aromatic carbocycles. The number of ether oxygens (including phenoxy) is 2. The van der Waals surface area contributed by atoms with Gasteiger partial charge in [-0.15, -0.1) is 0 Å². The Labute approximate surface area is 155 Å². The van der Waals surface area contributed by atoms with Crippen LogP contribution in [0.1, 0.15) is 21.5 Å². The van der Waals surface area contributed by atoms with Crippen molar-refractivity contribution in [3.05, 3.63) is 62.2 Å². The molecule has 1 amide bonds. The minimum atomic E-state index is -0.470. The van der Waals surface area contributed by atoms with Crippen molar-refractivity contribution in [2.24, 2.45) is 0 Å². The predicted octanol–water partition coefficient (Wildman–Crippen LogP) is 3.30. The number of carbonyl (C=O) groups is 1. The van der Waals surface area contributed by atoms with E-state index in [1.165, 1.54) is 18.2 Å². The molecular weight excluding hydrogens is 360 g/mol. The van der Waals surface area contributed by atoms with Gasteiger partial charge in [-0.25, -0.2) is 0 Å². The van der Waals surface area contributed by atoms with Gasteiger partial charge in [0.1, 0.15) is 13.2 Å². The summed E-state index contributed by atoms with van der Waals surface area (Å²) in [6, 6.07) is 7.93. The van der Waals surface area contributed by atoms with Crippen molar-refractivity contribution >= 4 is 23.2 Å². The number of nitrogens with one attached hydrogen (secondary N) is 1. The van der Waals surface area contributed by atoms with E-state index in [-0.39, 0.29) is 11.6 Å². The lowest BCUT2D eigenvalue weighted by molar-refractivity contribution is -0.385. The predicted molar refractivity (Wildman–Crippen MR) is 96.3 cm³/mol. The number of hydrogen-bond acceptors (Lipinski definition) is 5. The smallest absolute Gasteiger partial charge is 0.272 e. The third-order valence-electron chi connectivity index (χ3n) is 4.01. The van der Waals surface area contributed by atoms with E-state index in [0.717, 1.165) is 5.56 Å². The number of amides is 1. The van der Waals surface area contributed by atoms with Gasteiger partial charge < -0.3 is 14.8 Å². The van der Waals surface area contributed by atoms with E-state index in [1.54, 1.807) is 13.0 Å². The third kappa shape index (κ3) is 3.88. The highest BCUT2D eigenvalue weighted by molar-refractivity contribution is 6.32. The van der Waals surface area contributed by atoms with Crippen LogP contribution in [-0.4, -0.2) is 30.6 Å². The zero-order valence-electron chi connectivity index (χ0n) is 14.1. The lowest BCUT2D eigenvalue weighted by Gasteiger charge is -2.20. The Kier molecular flexibility index (Phi) is 5.27. The molecule has 7 nitrogen and oxygen atoms in total. The molecule has 0 radical (unpaired) electrons. The topological polar surface area (TPSA) is 90.7 Å². The number of aryl methyl sites for hydroxylation is 1. The van der Waals surface area contributed by atoms with Crippen molar-refractivity contribution in [1.29, 1.82) is 0 Å². The maximum Gasteiger partial charge on any atom is 0.272 e. The summed E-state index contributed by atoms with van der Waals surface area (Å²) < 4.78 is 11.0. The molecule has 26 heavy (non-hydrogen) atoms. The standard InChI is InChI=1S/C18H17ClN2O5/c1-11-8-13(2-3-15(11)21(23)24)18(22)20-5-4-12-9-14(19)17-16(10-12)25-6-7-26-17/h2-3,8-10H,4-7H2,1H3,(H,20,22). The maximum atomic E-state index is 12.2. The van der Waals surface area contributed by atoms with Gasteiger partial charge in [0.05, 0.1) is 9.95 Å². The minimum Gasteiger partial charge on any atom is -0.486 e. The largest absolute Gasteiger partial charge is 0.486 e. The summed E-state index contributed by atoms with van der Waals surface area (Å²) in [7, 11) is 0. The van der Waals surface area contributed by atoms with Gasteiger partial charge in [-0.2, -0.15) is 0 Å². The van der Waals surface area contributed by atoms with Gasteiger partial charge in [0, 0.05) is 23.7 Å². The Bertz CT molecular complexity index is 869. The molecular formula is C18H17ClN2O5. The maximum absolute atomic E-state index is 12.2. The first-order valence-electron chi connectivity index (χ1n) is 8.07. The first kappa shape index (κ1) is 18.0. The van der Waals surface area contributed by atoms with Crippen LogP contribution < -0.4 is 14.8 Å². The van der Waals surface area contributed by atoms with Crippen LogP contribution in [0.15, 0.2) is 30.3 Å². The zero-order valence-corrected chi connectivity index (χ0v) is 14.8. The molecule has 0 spiro atoms. The molecule has 0 saturated heterocycles. The van der Waals surface area contributed by atoms with E-state index in [0.29, 0.717) is 53.8 Å². The molecule has 8 heteroatoms. The highest BCUT2D eigenvalue weighted by Gasteiger charge is 2.17. The molecule has 2 aromatic rings. The fraction of sp³-hybridized carbons (Fsp3) is 0.278. The summed E-state index contributed by atoms with van der Waals surface area (Å²) in [4.78, 5) is 22.6. The summed E-state index contributed by atoms with van der Waals surface area (Å²) in [6.07, 6.45) is 0.564. The van der Waals surface area contributed by atoms with Crippen molar-refractivity contribution in [3.8, 4) is 11.5 Å². The normalized spacial score (nSPS) is 12.5. The van der Waals surface area contributed by atoms with Crippen LogP contribution >= 0.6 is 11.6 Å². The Morgan fingerprint density at radius 1 is 1.27 bits per heavy atom. The first-order valence-corrected chi connectivity index (χ1v) is 8.45. The Morgan fingerprint density at radius 3 is 2.77 bits per heavy atom. The molecule has 1 aliphatic rings. The van der Waals surface area contributed by atoms with Gasteiger partial charge in [-0.1, -0.05) is 11.6 Å². The summed E-state index contributed by atoms with van der Waals surface area (Å²) in [5.41, 5.74) is 1.74. The van der Waals surface area contributed by atoms with Crippen LogP contribution in [-0.2, 0) is 6.42 Å². The van der Waals surface area contributed by atoms with Crippen LogP contribution in [0.5, 0.6) is 11.5 Å². The number of carbonyl (C=O) groups excluding carboxylic acids is 1. The van der Waals surface area contributed by atoms with Gasteiger partial charge in [-0.05, 0) is 43.2 Å². The summed E-state index contributed by atoms with van der Waals surface area (Å²) in [5.74, 6) is 0.870. The van der Waals surface area contributed by atoms with E-state index in [9.17, 15) is 14.9 Å². The highest BCUT2D eigenvalue weighted by Crippen LogP contribution is 2.38. The van der Waals surface area contributed by atoms with Gasteiger partial charge >= 0.3 is 0 Å². The minimum absolute atomic E-state index is 0.00697. The van der Waals surface area contributed by atoms with E-state index in [4.69, 9.17) is 21.1 Å². The second-order valence-corrected chi connectivity index (χ2v) is 6.27. The van der Waals surface area contributed by atoms with E-state index in [1.807, 2.05) is 6.07 Å². The monoisotopic (exact) mass is 376 g/mol. The van der Waals surface area contributed by atoms with Crippen molar-refractivity contribution in [1.82, 2.24) is 5.32 Å². The number of nitrogens with zero attached hydrogens (tertiary/aromatic N) is 1. The summed E-state index contributed by atoms with van der Waals surface area (Å²) >= 11 is 6.20. The van der Waals surface area contributed by atoms with Crippen LogP contribution in [0.4, 0.5) is 5.69 Å². The van der Waals surface area contributed by atoms with E-state index in [2.05, 4.69) is 5.32 Å². The SMILES string of the molecule is Cc1cc(C(=O)NCCc2cc(Cl)c3c(c2)OCCO3)ccc1[N+](=O)[O-]. The van der Waals surface area contributed by atoms with Crippen molar-refractivity contribution < 1.29 is 19.2 Å². The average molecular weight is 377 g/mol. The fourth-order valence-electron chi connectivity index (χ4n) is 2.73. The number of benzene rings is 2. The molecule has 0 unspecified atom stereocenters. The number of rotatable bonds is 5. The molecule has 0 saturated carbocycles.